The largest absolute Gasteiger partial charge is 0.313 e. The Morgan fingerprint density at radius 3 is 2.53 bits per heavy atom. The summed E-state index contributed by atoms with van der Waals surface area (Å²) in [7, 11) is 0. The van der Waals surface area contributed by atoms with Crippen molar-refractivity contribution in [2.45, 2.75) is 44.6 Å². The predicted octanol–water partition coefficient (Wildman–Crippen LogP) is 3.32. The first-order valence-corrected chi connectivity index (χ1v) is 6.14. The lowest BCUT2D eigenvalue weighted by molar-refractivity contribution is 0.500. The van der Waals surface area contributed by atoms with Crippen LogP contribution in [0.15, 0.2) is 30.3 Å². The number of hydrogen-bond donors (Lipinski definition) is 1. The third-order valence-electron chi connectivity index (χ3n) is 3.44. The molecule has 1 heteroatoms. The Kier molecular flexibility index (Phi) is 3.79. The van der Waals surface area contributed by atoms with E-state index in [9.17, 15) is 0 Å². The number of hydrogen-bond acceptors (Lipinski definition) is 1. The fraction of sp³-hybridized carbons (Fsp3) is 0.571. The van der Waals surface area contributed by atoms with Crippen molar-refractivity contribution in [2.24, 2.45) is 0 Å². The van der Waals surface area contributed by atoms with Crippen LogP contribution >= 0.6 is 0 Å². The molecule has 0 heterocycles. The topological polar surface area (TPSA) is 12.0 Å². The third-order valence-corrected chi connectivity index (χ3v) is 3.44. The second kappa shape index (κ2) is 5.32. The van der Waals surface area contributed by atoms with Crippen LogP contribution in [-0.2, 0) is 0 Å². The van der Waals surface area contributed by atoms with E-state index >= 15 is 0 Å². The van der Waals surface area contributed by atoms with Gasteiger partial charge in [0.1, 0.15) is 0 Å². The van der Waals surface area contributed by atoms with Gasteiger partial charge in [0, 0.05) is 12.6 Å². The standard InChI is InChI=1S/C14H21N/c1-12(13-7-3-2-4-8-13)11-15-14-9-5-6-10-14/h2-4,7-8,12,14-15H,5-6,9-11H2,1H3. The lowest BCUT2D eigenvalue weighted by Gasteiger charge is -2.17. The van der Waals surface area contributed by atoms with Crippen LogP contribution in [-0.4, -0.2) is 12.6 Å². The Labute approximate surface area is 92.9 Å². The summed E-state index contributed by atoms with van der Waals surface area (Å²) >= 11 is 0. The van der Waals surface area contributed by atoms with Crippen LogP contribution < -0.4 is 5.32 Å². The highest BCUT2D eigenvalue weighted by Gasteiger charge is 2.15. The minimum absolute atomic E-state index is 0.631. The van der Waals surface area contributed by atoms with Gasteiger partial charge in [-0.3, -0.25) is 0 Å². The van der Waals surface area contributed by atoms with Crippen molar-refractivity contribution >= 4 is 0 Å². The van der Waals surface area contributed by atoms with Crippen molar-refractivity contribution in [3.8, 4) is 0 Å². The van der Waals surface area contributed by atoms with Crippen molar-refractivity contribution < 1.29 is 0 Å². The molecular formula is C14H21N. The molecule has 15 heavy (non-hydrogen) atoms. The fourth-order valence-electron chi connectivity index (χ4n) is 2.37. The van der Waals surface area contributed by atoms with Crippen molar-refractivity contribution in [1.29, 1.82) is 0 Å². The average Bonchev–Trinajstić information content (AvgIpc) is 2.80. The van der Waals surface area contributed by atoms with Gasteiger partial charge in [0.25, 0.3) is 0 Å². The highest BCUT2D eigenvalue weighted by Crippen LogP contribution is 2.19. The summed E-state index contributed by atoms with van der Waals surface area (Å²) in [5.41, 5.74) is 1.45. The Morgan fingerprint density at radius 1 is 1.20 bits per heavy atom. The molecule has 0 bridgehead atoms. The Hall–Kier alpha value is -0.820. The van der Waals surface area contributed by atoms with E-state index in [0.717, 1.165) is 12.6 Å². The Bertz CT molecular complexity index is 275. The maximum absolute atomic E-state index is 3.68. The monoisotopic (exact) mass is 203 g/mol. The molecule has 1 saturated carbocycles. The summed E-state index contributed by atoms with van der Waals surface area (Å²) in [4.78, 5) is 0. The lowest BCUT2D eigenvalue weighted by atomic mass is 10.0. The van der Waals surface area contributed by atoms with Gasteiger partial charge in [-0.2, -0.15) is 0 Å². The molecule has 0 aliphatic heterocycles. The summed E-state index contributed by atoms with van der Waals surface area (Å²) in [5.74, 6) is 0.631. The van der Waals surface area contributed by atoms with E-state index in [4.69, 9.17) is 0 Å². The SMILES string of the molecule is CC(CNC1CCCC1)c1ccccc1. The molecule has 1 atom stereocenters. The van der Waals surface area contributed by atoms with Gasteiger partial charge in [-0.15, -0.1) is 0 Å². The van der Waals surface area contributed by atoms with Crippen LogP contribution in [0.4, 0.5) is 0 Å². The zero-order valence-corrected chi connectivity index (χ0v) is 9.58. The van der Waals surface area contributed by atoms with E-state index in [1.165, 1.54) is 31.2 Å². The van der Waals surface area contributed by atoms with E-state index in [0.29, 0.717) is 5.92 Å². The summed E-state index contributed by atoms with van der Waals surface area (Å²) in [6, 6.07) is 11.6. The van der Waals surface area contributed by atoms with Gasteiger partial charge in [-0.1, -0.05) is 50.1 Å². The van der Waals surface area contributed by atoms with E-state index in [2.05, 4.69) is 42.6 Å². The molecule has 1 aromatic rings. The molecule has 1 aliphatic carbocycles. The summed E-state index contributed by atoms with van der Waals surface area (Å²) < 4.78 is 0. The van der Waals surface area contributed by atoms with E-state index < -0.39 is 0 Å². The lowest BCUT2D eigenvalue weighted by Crippen LogP contribution is -2.29. The first kappa shape index (κ1) is 10.7. The van der Waals surface area contributed by atoms with Gasteiger partial charge in [0.2, 0.25) is 0 Å². The molecule has 0 radical (unpaired) electrons. The van der Waals surface area contributed by atoms with Crippen molar-refractivity contribution in [3.63, 3.8) is 0 Å². The molecule has 0 aromatic heterocycles. The second-order valence-electron chi connectivity index (χ2n) is 4.70. The highest BCUT2D eigenvalue weighted by atomic mass is 14.9. The van der Waals surface area contributed by atoms with Gasteiger partial charge in [-0.25, -0.2) is 0 Å². The maximum Gasteiger partial charge on any atom is 0.00673 e. The minimum Gasteiger partial charge on any atom is -0.313 e. The van der Waals surface area contributed by atoms with Gasteiger partial charge in [-0.05, 0) is 24.3 Å². The molecule has 1 fully saturated rings. The molecule has 1 N–H and O–H groups in total. The number of nitrogens with one attached hydrogen (secondary N) is 1. The molecule has 1 nitrogen and oxygen atoms in total. The van der Waals surface area contributed by atoms with Crippen LogP contribution in [0.1, 0.15) is 44.1 Å². The molecule has 0 amide bonds. The predicted molar refractivity (Wildman–Crippen MR) is 65.1 cm³/mol. The maximum atomic E-state index is 3.68. The van der Waals surface area contributed by atoms with Gasteiger partial charge < -0.3 is 5.32 Å². The minimum atomic E-state index is 0.631. The molecular weight excluding hydrogens is 182 g/mol. The molecule has 2 rings (SSSR count). The van der Waals surface area contributed by atoms with Crippen LogP contribution in [0.3, 0.4) is 0 Å². The number of benzene rings is 1. The van der Waals surface area contributed by atoms with Crippen molar-refractivity contribution in [3.05, 3.63) is 35.9 Å². The van der Waals surface area contributed by atoms with Crippen LogP contribution in [0.5, 0.6) is 0 Å². The Morgan fingerprint density at radius 2 is 1.87 bits per heavy atom. The highest BCUT2D eigenvalue weighted by molar-refractivity contribution is 5.18. The Balaban J connectivity index is 1.79. The first-order chi connectivity index (χ1) is 7.36. The number of rotatable bonds is 4. The van der Waals surface area contributed by atoms with Crippen LogP contribution in [0, 0.1) is 0 Å². The average molecular weight is 203 g/mol. The summed E-state index contributed by atoms with van der Waals surface area (Å²) in [6.07, 6.45) is 5.58. The normalized spacial score (nSPS) is 19.3. The summed E-state index contributed by atoms with van der Waals surface area (Å²) in [5, 5.41) is 3.68. The first-order valence-electron chi connectivity index (χ1n) is 6.14. The summed E-state index contributed by atoms with van der Waals surface area (Å²) in [6.45, 7) is 3.42. The molecule has 0 saturated heterocycles. The molecule has 1 aliphatic rings. The smallest absolute Gasteiger partial charge is 0.00673 e. The van der Waals surface area contributed by atoms with Gasteiger partial charge >= 0.3 is 0 Å². The van der Waals surface area contributed by atoms with Crippen LogP contribution in [0.25, 0.3) is 0 Å². The third kappa shape index (κ3) is 3.07. The fourth-order valence-corrected chi connectivity index (χ4v) is 2.37. The van der Waals surface area contributed by atoms with Crippen LogP contribution in [0.2, 0.25) is 0 Å². The van der Waals surface area contributed by atoms with E-state index in [1.54, 1.807) is 0 Å². The van der Waals surface area contributed by atoms with Crippen molar-refractivity contribution in [1.82, 2.24) is 5.32 Å². The zero-order chi connectivity index (χ0) is 10.5. The van der Waals surface area contributed by atoms with E-state index in [-0.39, 0.29) is 0 Å². The second-order valence-corrected chi connectivity index (χ2v) is 4.70. The quantitative estimate of drug-likeness (QED) is 0.791. The molecule has 1 unspecified atom stereocenters. The van der Waals surface area contributed by atoms with E-state index in [1.807, 2.05) is 0 Å². The zero-order valence-electron chi connectivity index (χ0n) is 9.58. The molecule has 1 aromatic carbocycles. The van der Waals surface area contributed by atoms with Gasteiger partial charge in [0.15, 0.2) is 0 Å². The molecule has 82 valence electrons. The van der Waals surface area contributed by atoms with Gasteiger partial charge in [0.05, 0.1) is 0 Å². The van der Waals surface area contributed by atoms with Crippen molar-refractivity contribution in [2.75, 3.05) is 6.54 Å². The molecule has 0 spiro atoms.